The summed E-state index contributed by atoms with van der Waals surface area (Å²) in [6, 6.07) is 10.2. The summed E-state index contributed by atoms with van der Waals surface area (Å²) < 4.78 is 7.14. The first-order valence-electron chi connectivity index (χ1n) is 9.92. The normalized spacial score (nSPS) is 11.7. The Kier molecular flexibility index (Phi) is 5.11. The minimum absolute atomic E-state index is 0.181. The molecule has 7 heteroatoms. The van der Waals surface area contributed by atoms with Crippen molar-refractivity contribution < 1.29 is 9.53 Å². The van der Waals surface area contributed by atoms with Crippen molar-refractivity contribution in [3.8, 4) is 22.5 Å². The maximum atomic E-state index is 11.9. The van der Waals surface area contributed by atoms with Crippen LogP contribution in [0.3, 0.4) is 0 Å². The van der Waals surface area contributed by atoms with Crippen LogP contribution in [0.5, 0.6) is 0 Å². The van der Waals surface area contributed by atoms with E-state index >= 15 is 0 Å². The summed E-state index contributed by atoms with van der Waals surface area (Å²) in [4.78, 5) is 24.2. The summed E-state index contributed by atoms with van der Waals surface area (Å²) in [5.74, 6) is -0.181. The minimum atomic E-state index is -0.454. The number of ether oxygens (including phenoxy) is 1. The Morgan fingerprint density at radius 1 is 1.13 bits per heavy atom. The molecule has 0 unspecified atom stereocenters. The van der Waals surface area contributed by atoms with Crippen molar-refractivity contribution in [3.05, 3.63) is 54.6 Å². The molecule has 0 radical (unpaired) electrons. The van der Waals surface area contributed by atoms with Gasteiger partial charge in [0.25, 0.3) is 0 Å². The summed E-state index contributed by atoms with van der Waals surface area (Å²) in [6.07, 6.45) is 6.34. The van der Waals surface area contributed by atoms with E-state index in [9.17, 15) is 4.79 Å². The average Bonchev–Trinajstić information content (AvgIpc) is 3.31. The number of aryl methyl sites for hydroxylation is 2. The van der Waals surface area contributed by atoms with Crippen LogP contribution in [0.4, 0.5) is 0 Å². The zero-order valence-corrected chi connectivity index (χ0v) is 17.6. The molecule has 7 nitrogen and oxygen atoms in total. The maximum Gasteiger partial charge on any atom is 0.306 e. The van der Waals surface area contributed by atoms with Crippen molar-refractivity contribution in [2.45, 2.75) is 39.2 Å². The zero-order chi connectivity index (χ0) is 21.3. The van der Waals surface area contributed by atoms with E-state index in [0.29, 0.717) is 12.8 Å². The number of aromatic nitrogens is 5. The Balaban J connectivity index is 1.54. The van der Waals surface area contributed by atoms with Crippen molar-refractivity contribution in [2.24, 2.45) is 7.05 Å². The van der Waals surface area contributed by atoms with Crippen LogP contribution in [0.15, 0.2) is 49.1 Å². The van der Waals surface area contributed by atoms with E-state index < -0.39 is 5.60 Å². The number of aromatic amines is 1. The lowest BCUT2D eigenvalue weighted by molar-refractivity contribution is -0.154. The lowest BCUT2D eigenvalue weighted by Gasteiger charge is -2.19. The first-order valence-corrected chi connectivity index (χ1v) is 9.92. The number of nitrogens with zero attached hydrogens (tertiary/aromatic N) is 4. The number of hydrogen-bond acceptors (Lipinski definition) is 5. The molecular weight excluding hydrogens is 378 g/mol. The van der Waals surface area contributed by atoms with Gasteiger partial charge in [0.2, 0.25) is 0 Å². The van der Waals surface area contributed by atoms with Crippen LogP contribution >= 0.6 is 0 Å². The van der Waals surface area contributed by atoms with Gasteiger partial charge in [0.1, 0.15) is 17.6 Å². The average molecular weight is 403 g/mol. The summed E-state index contributed by atoms with van der Waals surface area (Å²) in [6.45, 7) is 5.63. The molecule has 0 atom stereocenters. The molecule has 0 fully saturated rings. The van der Waals surface area contributed by atoms with Crippen LogP contribution in [0.1, 0.15) is 32.8 Å². The second kappa shape index (κ2) is 7.74. The minimum Gasteiger partial charge on any atom is -0.460 e. The second-order valence-electron chi connectivity index (χ2n) is 8.35. The molecular formula is C23H25N5O2. The fraction of sp³-hybridized carbons (Fsp3) is 0.304. The number of benzene rings is 1. The topological polar surface area (TPSA) is 85.7 Å². The molecule has 0 saturated heterocycles. The summed E-state index contributed by atoms with van der Waals surface area (Å²) in [7, 11) is 1.89. The van der Waals surface area contributed by atoms with Crippen molar-refractivity contribution in [3.63, 3.8) is 0 Å². The van der Waals surface area contributed by atoms with Gasteiger partial charge in [-0.3, -0.25) is 9.48 Å². The molecule has 0 saturated carbocycles. The summed E-state index contributed by atoms with van der Waals surface area (Å²) in [5, 5.41) is 5.19. The van der Waals surface area contributed by atoms with E-state index in [-0.39, 0.29) is 5.97 Å². The van der Waals surface area contributed by atoms with E-state index in [4.69, 9.17) is 4.74 Å². The molecule has 1 N–H and O–H groups in total. The lowest BCUT2D eigenvalue weighted by Crippen LogP contribution is -2.23. The number of hydrogen-bond donors (Lipinski definition) is 1. The molecule has 4 rings (SSSR count). The molecule has 0 aliphatic carbocycles. The smallest absolute Gasteiger partial charge is 0.306 e. The van der Waals surface area contributed by atoms with Gasteiger partial charge in [-0.15, -0.1) is 0 Å². The molecule has 4 aromatic rings. The number of nitrogens with one attached hydrogen (secondary N) is 1. The van der Waals surface area contributed by atoms with Gasteiger partial charge in [0.05, 0.1) is 17.6 Å². The third-order valence-electron chi connectivity index (χ3n) is 4.71. The van der Waals surface area contributed by atoms with Gasteiger partial charge in [-0.2, -0.15) is 5.10 Å². The van der Waals surface area contributed by atoms with Crippen LogP contribution in [-0.4, -0.2) is 36.3 Å². The highest BCUT2D eigenvalue weighted by Gasteiger charge is 2.16. The monoisotopic (exact) mass is 403 g/mol. The third-order valence-corrected chi connectivity index (χ3v) is 4.71. The van der Waals surface area contributed by atoms with Crippen molar-refractivity contribution in [1.29, 1.82) is 0 Å². The number of H-pyrrole nitrogens is 1. The Morgan fingerprint density at radius 2 is 1.90 bits per heavy atom. The fourth-order valence-electron chi connectivity index (χ4n) is 3.35. The van der Waals surface area contributed by atoms with Crippen LogP contribution in [0.25, 0.3) is 33.5 Å². The Hall–Kier alpha value is -3.48. The van der Waals surface area contributed by atoms with Crippen molar-refractivity contribution in [2.75, 3.05) is 0 Å². The number of carbonyl (C=O) groups excluding carboxylic acids is 1. The summed E-state index contributed by atoms with van der Waals surface area (Å²) >= 11 is 0. The highest BCUT2D eigenvalue weighted by atomic mass is 16.6. The van der Waals surface area contributed by atoms with Crippen LogP contribution in [0.2, 0.25) is 0 Å². The number of esters is 1. The molecule has 0 spiro atoms. The van der Waals surface area contributed by atoms with E-state index in [2.05, 4.69) is 26.1 Å². The molecule has 3 heterocycles. The van der Waals surface area contributed by atoms with Crippen LogP contribution in [-0.2, 0) is 23.0 Å². The lowest BCUT2D eigenvalue weighted by atomic mass is 10.0. The third kappa shape index (κ3) is 4.40. The van der Waals surface area contributed by atoms with E-state index in [1.165, 1.54) is 0 Å². The zero-order valence-electron chi connectivity index (χ0n) is 17.6. The number of rotatable bonds is 5. The second-order valence-corrected chi connectivity index (χ2v) is 8.35. The van der Waals surface area contributed by atoms with Gasteiger partial charge >= 0.3 is 5.97 Å². The predicted molar refractivity (Wildman–Crippen MR) is 116 cm³/mol. The first-order chi connectivity index (χ1) is 14.3. The standard InChI is InChI=1S/C23H25N5O2/c1-23(2,3)30-20(29)10-7-15-5-8-16(9-6-15)21-18-11-19(17-12-26-28(4)13-17)27-22(18)25-14-24-21/h5-6,8-9,11-14H,7,10H2,1-4H3,(H,24,25,27). The maximum absolute atomic E-state index is 11.9. The predicted octanol–water partition coefficient (Wildman–Crippen LogP) is 4.30. The SMILES string of the molecule is Cn1cc(-c2cc3c(-c4ccc(CCC(=O)OC(C)(C)C)cc4)ncnc3[nH]2)cn1. The van der Waals surface area contributed by atoms with Gasteiger partial charge < -0.3 is 9.72 Å². The van der Waals surface area contributed by atoms with Gasteiger partial charge in [0, 0.05) is 36.2 Å². The first kappa shape index (κ1) is 19.8. The molecule has 3 aromatic heterocycles. The highest BCUT2D eigenvalue weighted by molar-refractivity contribution is 5.94. The van der Waals surface area contributed by atoms with Crippen molar-refractivity contribution >= 4 is 17.0 Å². The van der Waals surface area contributed by atoms with Gasteiger partial charge in [-0.1, -0.05) is 24.3 Å². The van der Waals surface area contributed by atoms with Gasteiger partial charge in [-0.25, -0.2) is 9.97 Å². The molecule has 0 amide bonds. The van der Waals surface area contributed by atoms with E-state index in [1.54, 1.807) is 11.0 Å². The van der Waals surface area contributed by atoms with Gasteiger partial charge in [-0.05, 0) is 38.8 Å². The number of fused-ring (bicyclic) bond motifs is 1. The largest absolute Gasteiger partial charge is 0.460 e. The molecule has 30 heavy (non-hydrogen) atoms. The van der Waals surface area contributed by atoms with Crippen molar-refractivity contribution in [1.82, 2.24) is 24.7 Å². The van der Waals surface area contributed by atoms with Gasteiger partial charge in [0.15, 0.2) is 0 Å². The fourth-order valence-corrected chi connectivity index (χ4v) is 3.35. The van der Waals surface area contributed by atoms with Crippen LogP contribution in [0, 0.1) is 0 Å². The van der Waals surface area contributed by atoms with Crippen LogP contribution < -0.4 is 0 Å². The summed E-state index contributed by atoms with van der Waals surface area (Å²) in [5.41, 5.74) is 5.23. The molecule has 0 aliphatic heterocycles. The van der Waals surface area contributed by atoms with E-state index in [1.807, 2.05) is 64.5 Å². The molecule has 0 bridgehead atoms. The Bertz CT molecular complexity index is 1180. The number of carbonyl (C=O) groups is 1. The quantitative estimate of drug-likeness (QED) is 0.502. The Morgan fingerprint density at radius 3 is 2.57 bits per heavy atom. The molecule has 154 valence electrons. The Labute approximate surface area is 175 Å². The molecule has 1 aromatic carbocycles. The molecule has 0 aliphatic rings. The highest BCUT2D eigenvalue weighted by Crippen LogP contribution is 2.29. The van der Waals surface area contributed by atoms with E-state index in [0.717, 1.165) is 39.1 Å².